The number of imidazole rings is 1. The summed E-state index contributed by atoms with van der Waals surface area (Å²) in [5.41, 5.74) is 0. The van der Waals surface area contributed by atoms with Gasteiger partial charge in [0.05, 0.1) is 0 Å². The third-order valence-electron chi connectivity index (χ3n) is 2.07. The van der Waals surface area contributed by atoms with Crippen molar-refractivity contribution < 1.29 is 0 Å². The van der Waals surface area contributed by atoms with Gasteiger partial charge in [0.15, 0.2) is 0 Å². The average Bonchev–Trinajstić information content (AvgIpc) is 2.74. The van der Waals surface area contributed by atoms with Gasteiger partial charge >= 0.3 is 0 Å². The summed E-state index contributed by atoms with van der Waals surface area (Å²) >= 11 is 1.94. The lowest BCUT2D eigenvalue weighted by atomic mass is 10.2. The first kappa shape index (κ1) is 7.69. The predicted octanol–water partition coefficient (Wildman–Crippen LogP) is 1.43. The molecule has 2 heterocycles. The van der Waals surface area contributed by atoms with E-state index in [9.17, 15) is 0 Å². The Balaban J connectivity index is 2.27. The molecule has 0 N–H and O–H groups in total. The van der Waals surface area contributed by atoms with Crippen LogP contribution in [-0.2, 0) is 0 Å². The van der Waals surface area contributed by atoms with Gasteiger partial charge in [0.1, 0.15) is 6.07 Å². The number of rotatable bonds is 1. The number of thioether (sulfide) groups is 1. The molecule has 2 rings (SSSR count). The smallest absolute Gasteiger partial charge is 0.212 e. The minimum Gasteiger partial charge on any atom is -0.319 e. The van der Waals surface area contributed by atoms with Crippen LogP contribution >= 0.6 is 11.8 Å². The van der Waals surface area contributed by atoms with Crippen LogP contribution in [0, 0.1) is 11.3 Å². The van der Waals surface area contributed by atoms with E-state index in [2.05, 4.69) is 11.1 Å². The van der Waals surface area contributed by atoms with E-state index in [0.717, 1.165) is 12.2 Å². The Labute approximate surface area is 75.4 Å². The molecule has 0 bridgehead atoms. The van der Waals surface area contributed by atoms with Gasteiger partial charge in [-0.2, -0.15) is 17.0 Å². The highest BCUT2D eigenvalue weighted by molar-refractivity contribution is 7.99. The summed E-state index contributed by atoms with van der Waals surface area (Å²) in [5.74, 6) is 2.86. The Morgan fingerprint density at radius 3 is 3.33 bits per heavy atom. The van der Waals surface area contributed by atoms with Crippen LogP contribution in [0.5, 0.6) is 0 Å². The van der Waals surface area contributed by atoms with Gasteiger partial charge in [0, 0.05) is 24.2 Å². The lowest BCUT2D eigenvalue weighted by Gasteiger charge is -2.09. The predicted molar refractivity (Wildman–Crippen MR) is 47.9 cm³/mol. The Bertz CT molecular complexity index is 306. The lowest BCUT2D eigenvalue weighted by molar-refractivity contribution is 0.554. The molecule has 1 aromatic rings. The van der Waals surface area contributed by atoms with Crippen LogP contribution in [0.3, 0.4) is 0 Å². The van der Waals surface area contributed by atoms with Gasteiger partial charge < -0.3 is 4.57 Å². The third kappa shape index (κ3) is 1.21. The van der Waals surface area contributed by atoms with Gasteiger partial charge in [0.2, 0.25) is 5.82 Å². The number of hydrogen-bond donors (Lipinski definition) is 0. The second kappa shape index (κ2) is 3.20. The quantitative estimate of drug-likeness (QED) is 0.655. The normalized spacial score (nSPS) is 22.4. The molecule has 4 heteroatoms. The zero-order chi connectivity index (χ0) is 8.39. The van der Waals surface area contributed by atoms with Crippen molar-refractivity contribution in [3.63, 3.8) is 0 Å². The van der Waals surface area contributed by atoms with Crippen LogP contribution < -0.4 is 0 Å². The van der Waals surface area contributed by atoms with Crippen LogP contribution in [0.15, 0.2) is 12.4 Å². The molecule has 1 atom stereocenters. The van der Waals surface area contributed by atoms with E-state index in [1.807, 2.05) is 22.5 Å². The summed E-state index contributed by atoms with van der Waals surface area (Å²) in [6, 6.07) is 2.59. The van der Waals surface area contributed by atoms with E-state index in [-0.39, 0.29) is 0 Å². The Hall–Kier alpha value is -0.950. The average molecular weight is 179 g/mol. The maximum atomic E-state index is 8.73. The van der Waals surface area contributed by atoms with Crippen LogP contribution in [0.1, 0.15) is 18.3 Å². The summed E-state index contributed by atoms with van der Waals surface area (Å²) in [5, 5.41) is 8.73. The maximum absolute atomic E-state index is 8.73. The molecule has 0 spiro atoms. The third-order valence-corrected chi connectivity index (χ3v) is 3.21. The van der Waals surface area contributed by atoms with E-state index in [4.69, 9.17) is 5.26 Å². The molecule has 1 unspecified atom stereocenters. The molecule has 1 aliphatic heterocycles. The summed E-state index contributed by atoms with van der Waals surface area (Å²) in [6.07, 6.45) is 4.76. The fourth-order valence-electron chi connectivity index (χ4n) is 1.44. The zero-order valence-electron chi connectivity index (χ0n) is 6.60. The second-order valence-electron chi connectivity index (χ2n) is 2.79. The molecular weight excluding hydrogens is 170 g/mol. The fourth-order valence-corrected chi connectivity index (χ4v) is 2.64. The van der Waals surface area contributed by atoms with Crippen molar-refractivity contribution in [1.29, 1.82) is 5.26 Å². The first-order chi connectivity index (χ1) is 5.92. The molecule has 1 aromatic heterocycles. The Morgan fingerprint density at radius 2 is 2.67 bits per heavy atom. The van der Waals surface area contributed by atoms with E-state index >= 15 is 0 Å². The van der Waals surface area contributed by atoms with Crippen molar-refractivity contribution in [1.82, 2.24) is 9.55 Å². The number of nitriles is 1. The van der Waals surface area contributed by atoms with Crippen LogP contribution in [0.4, 0.5) is 0 Å². The Morgan fingerprint density at radius 1 is 1.75 bits per heavy atom. The van der Waals surface area contributed by atoms with Gasteiger partial charge in [0.25, 0.3) is 0 Å². The van der Waals surface area contributed by atoms with Crippen molar-refractivity contribution >= 4 is 11.8 Å². The van der Waals surface area contributed by atoms with Gasteiger partial charge in [-0.1, -0.05) is 0 Å². The highest BCUT2D eigenvalue weighted by Gasteiger charge is 2.19. The fraction of sp³-hybridized carbons (Fsp3) is 0.500. The van der Waals surface area contributed by atoms with E-state index in [1.165, 1.54) is 5.75 Å². The minimum atomic E-state index is 0.493. The second-order valence-corrected chi connectivity index (χ2v) is 3.94. The first-order valence-electron chi connectivity index (χ1n) is 3.92. The van der Waals surface area contributed by atoms with Crippen LogP contribution in [-0.4, -0.2) is 21.1 Å². The largest absolute Gasteiger partial charge is 0.319 e. The first-order valence-corrected chi connectivity index (χ1v) is 5.08. The molecule has 0 aromatic carbocycles. The summed E-state index contributed by atoms with van der Waals surface area (Å²) < 4.78 is 1.99. The molecule has 0 radical (unpaired) electrons. The van der Waals surface area contributed by atoms with Gasteiger partial charge in [-0.15, -0.1) is 0 Å². The topological polar surface area (TPSA) is 41.6 Å². The molecule has 1 saturated heterocycles. The van der Waals surface area contributed by atoms with Gasteiger partial charge in [-0.05, 0) is 12.2 Å². The monoisotopic (exact) mass is 179 g/mol. The van der Waals surface area contributed by atoms with Crippen LogP contribution in [0.2, 0.25) is 0 Å². The standard InChI is InChI=1S/C8H9N3S/c9-5-8-10-2-3-11(8)7-1-4-12-6-7/h2-3,7H,1,4,6H2. The van der Waals surface area contributed by atoms with E-state index in [1.54, 1.807) is 6.20 Å². The highest BCUT2D eigenvalue weighted by Crippen LogP contribution is 2.28. The molecule has 0 saturated carbocycles. The Kier molecular flexibility index (Phi) is 2.05. The molecule has 1 aliphatic rings. The van der Waals surface area contributed by atoms with E-state index < -0.39 is 0 Å². The molecular formula is C8H9N3S. The summed E-state index contributed by atoms with van der Waals surface area (Å²) in [4.78, 5) is 3.97. The van der Waals surface area contributed by atoms with Gasteiger partial charge in [-0.25, -0.2) is 4.98 Å². The molecule has 0 amide bonds. The van der Waals surface area contributed by atoms with Crippen molar-refractivity contribution in [3.8, 4) is 6.07 Å². The van der Waals surface area contributed by atoms with Crippen LogP contribution in [0.25, 0.3) is 0 Å². The number of aromatic nitrogens is 2. The molecule has 62 valence electrons. The SMILES string of the molecule is N#Cc1nccn1C1CCSC1. The van der Waals surface area contributed by atoms with Crippen molar-refractivity contribution in [3.05, 3.63) is 18.2 Å². The lowest BCUT2D eigenvalue weighted by Crippen LogP contribution is -2.08. The highest BCUT2D eigenvalue weighted by atomic mass is 32.2. The summed E-state index contributed by atoms with van der Waals surface area (Å²) in [7, 11) is 0. The summed E-state index contributed by atoms with van der Waals surface area (Å²) in [6.45, 7) is 0. The molecule has 0 aliphatic carbocycles. The van der Waals surface area contributed by atoms with Crippen molar-refractivity contribution in [2.24, 2.45) is 0 Å². The minimum absolute atomic E-state index is 0.493. The number of hydrogen-bond acceptors (Lipinski definition) is 3. The zero-order valence-corrected chi connectivity index (χ0v) is 7.42. The molecule has 1 fully saturated rings. The van der Waals surface area contributed by atoms with E-state index in [0.29, 0.717) is 11.9 Å². The molecule has 12 heavy (non-hydrogen) atoms. The maximum Gasteiger partial charge on any atom is 0.212 e. The number of nitrogens with zero attached hydrogens (tertiary/aromatic N) is 3. The van der Waals surface area contributed by atoms with Crippen molar-refractivity contribution in [2.45, 2.75) is 12.5 Å². The van der Waals surface area contributed by atoms with Gasteiger partial charge in [-0.3, -0.25) is 0 Å². The molecule has 3 nitrogen and oxygen atoms in total. The van der Waals surface area contributed by atoms with Crippen molar-refractivity contribution in [2.75, 3.05) is 11.5 Å².